The first-order valence-corrected chi connectivity index (χ1v) is 8.57. The Morgan fingerprint density at radius 3 is 2.62 bits per heavy atom. The highest BCUT2D eigenvalue weighted by atomic mass is 35.5. The van der Waals surface area contributed by atoms with Gasteiger partial charge in [-0.3, -0.25) is 9.69 Å². The third-order valence-corrected chi connectivity index (χ3v) is 4.49. The molecule has 3 N–H and O–H groups in total. The maximum absolute atomic E-state index is 12.2. The minimum atomic E-state index is -0.420. The van der Waals surface area contributed by atoms with Crippen LogP contribution in [0, 0.1) is 0 Å². The Balaban J connectivity index is 0.00000288. The number of nitrogens with two attached hydrogens (primary N) is 1. The molecule has 1 aliphatic rings. The number of halogens is 1. The van der Waals surface area contributed by atoms with E-state index in [0.717, 1.165) is 37.2 Å². The zero-order valence-corrected chi connectivity index (χ0v) is 15.5. The van der Waals surface area contributed by atoms with Crippen LogP contribution in [0.25, 0.3) is 0 Å². The highest BCUT2D eigenvalue weighted by Gasteiger charge is 2.26. The molecule has 0 saturated carbocycles. The number of hydrogen-bond donors (Lipinski definition) is 2. The second-order valence-corrected chi connectivity index (χ2v) is 6.14. The lowest BCUT2D eigenvalue weighted by Gasteiger charge is -2.29. The van der Waals surface area contributed by atoms with Gasteiger partial charge < -0.3 is 15.8 Å². The number of likely N-dealkylation sites (tertiary alicyclic amines) is 1. The quantitative estimate of drug-likeness (QED) is 0.751. The van der Waals surface area contributed by atoms with Crippen molar-refractivity contribution in [1.29, 1.82) is 0 Å². The average molecular weight is 356 g/mol. The van der Waals surface area contributed by atoms with Crippen molar-refractivity contribution in [1.82, 2.24) is 10.2 Å². The van der Waals surface area contributed by atoms with Gasteiger partial charge in [-0.15, -0.1) is 12.4 Å². The molecule has 24 heavy (non-hydrogen) atoms. The van der Waals surface area contributed by atoms with Crippen molar-refractivity contribution in [3.8, 4) is 5.75 Å². The van der Waals surface area contributed by atoms with Crippen LogP contribution in [-0.2, 0) is 4.79 Å². The summed E-state index contributed by atoms with van der Waals surface area (Å²) in [5.41, 5.74) is 7.04. The summed E-state index contributed by atoms with van der Waals surface area (Å²) >= 11 is 0. The smallest absolute Gasteiger partial charge is 0.236 e. The van der Waals surface area contributed by atoms with Gasteiger partial charge in [-0.1, -0.05) is 31.5 Å². The van der Waals surface area contributed by atoms with E-state index in [4.69, 9.17) is 10.5 Å². The normalized spacial score (nSPS) is 17.0. The number of para-hydroxylation sites is 1. The van der Waals surface area contributed by atoms with E-state index < -0.39 is 6.04 Å². The molecule has 1 amide bonds. The van der Waals surface area contributed by atoms with Gasteiger partial charge in [0, 0.05) is 12.1 Å². The first-order chi connectivity index (χ1) is 11.2. The van der Waals surface area contributed by atoms with Gasteiger partial charge in [0.05, 0.1) is 19.2 Å². The van der Waals surface area contributed by atoms with Gasteiger partial charge >= 0.3 is 0 Å². The van der Waals surface area contributed by atoms with Crippen LogP contribution in [0.4, 0.5) is 0 Å². The summed E-state index contributed by atoms with van der Waals surface area (Å²) < 4.78 is 5.51. The molecular weight excluding hydrogens is 326 g/mol. The minimum absolute atomic E-state index is 0. The standard InChI is InChI=1S/C18H29N3O2.ClH/c1-3-8-15(19)18(22)20-13-16(21-11-6-7-12-21)14-9-4-5-10-17(14)23-2;/h4-5,9-10,15-16H,3,6-8,11-13,19H2,1-2H3,(H,20,22);1H. The molecule has 2 atom stereocenters. The molecule has 2 rings (SSSR count). The lowest BCUT2D eigenvalue weighted by molar-refractivity contribution is -0.122. The Morgan fingerprint density at radius 2 is 2.00 bits per heavy atom. The number of nitrogens with zero attached hydrogens (tertiary/aromatic N) is 1. The summed E-state index contributed by atoms with van der Waals surface area (Å²) in [7, 11) is 1.69. The van der Waals surface area contributed by atoms with Gasteiger partial charge in [-0.05, 0) is 38.4 Å². The number of amides is 1. The van der Waals surface area contributed by atoms with E-state index in [0.29, 0.717) is 6.54 Å². The van der Waals surface area contributed by atoms with Crippen LogP contribution in [-0.4, -0.2) is 43.6 Å². The molecular formula is C18H30ClN3O2. The fraction of sp³-hybridized carbons (Fsp3) is 0.611. The fourth-order valence-corrected chi connectivity index (χ4v) is 3.20. The number of carbonyl (C=O) groups is 1. The van der Waals surface area contributed by atoms with Crippen LogP contribution in [0.3, 0.4) is 0 Å². The summed E-state index contributed by atoms with van der Waals surface area (Å²) in [5, 5.41) is 3.03. The van der Waals surface area contributed by atoms with Crippen molar-refractivity contribution < 1.29 is 9.53 Å². The molecule has 136 valence electrons. The van der Waals surface area contributed by atoms with Crippen molar-refractivity contribution in [2.45, 2.75) is 44.7 Å². The molecule has 1 aromatic rings. The van der Waals surface area contributed by atoms with E-state index in [9.17, 15) is 4.79 Å². The number of nitrogens with one attached hydrogen (secondary N) is 1. The lowest BCUT2D eigenvalue weighted by atomic mass is 10.0. The first-order valence-electron chi connectivity index (χ1n) is 8.57. The second kappa shape index (κ2) is 10.5. The Labute approximate surface area is 151 Å². The Morgan fingerprint density at radius 1 is 1.33 bits per heavy atom. The summed E-state index contributed by atoms with van der Waals surface area (Å²) in [6, 6.07) is 7.76. The van der Waals surface area contributed by atoms with E-state index in [1.54, 1.807) is 7.11 Å². The number of ether oxygens (including phenoxy) is 1. The zero-order valence-electron chi connectivity index (χ0n) is 14.7. The third-order valence-electron chi connectivity index (χ3n) is 4.49. The van der Waals surface area contributed by atoms with Crippen LogP contribution in [0.15, 0.2) is 24.3 Å². The molecule has 5 nitrogen and oxygen atoms in total. The zero-order chi connectivity index (χ0) is 16.7. The molecule has 0 aromatic heterocycles. The number of methoxy groups -OCH3 is 1. The van der Waals surface area contributed by atoms with Crippen LogP contribution < -0.4 is 15.8 Å². The van der Waals surface area contributed by atoms with E-state index in [2.05, 4.69) is 16.3 Å². The predicted octanol–water partition coefficient (Wildman–Crippen LogP) is 2.50. The highest BCUT2D eigenvalue weighted by molar-refractivity contribution is 5.85. The van der Waals surface area contributed by atoms with E-state index in [-0.39, 0.29) is 24.4 Å². The van der Waals surface area contributed by atoms with Crippen molar-refractivity contribution >= 4 is 18.3 Å². The van der Waals surface area contributed by atoms with E-state index >= 15 is 0 Å². The predicted molar refractivity (Wildman–Crippen MR) is 99.7 cm³/mol. The third kappa shape index (κ3) is 5.36. The molecule has 0 radical (unpaired) electrons. The molecule has 0 bridgehead atoms. The fourth-order valence-electron chi connectivity index (χ4n) is 3.20. The second-order valence-electron chi connectivity index (χ2n) is 6.14. The molecule has 0 spiro atoms. The molecule has 0 aliphatic carbocycles. The minimum Gasteiger partial charge on any atom is -0.496 e. The van der Waals surface area contributed by atoms with Gasteiger partial charge in [-0.2, -0.15) is 0 Å². The molecule has 1 aromatic carbocycles. The maximum atomic E-state index is 12.2. The van der Waals surface area contributed by atoms with Gasteiger partial charge in [0.15, 0.2) is 0 Å². The largest absolute Gasteiger partial charge is 0.496 e. The van der Waals surface area contributed by atoms with Crippen LogP contribution in [0.5, 0.6) is 5.75 Å². The number of carbonyl (C=O) groups excluding carboxylic acids is 1. The lowest BCUT2D eigenvalue weighted by Crippen LogP contribution is -2.44. The Kier molecular flexibility index (Phi) is 9.11. The van der Waals surface area contributed by atoms with Crippen molar-refractivity contribution in [2.75, 3.05) is 26.7 Å². The number of hydrogen-bond acceptors (Lipinski definition) is 4. The number of benzene rings is 1. The monoisotopic (exact) mass is 355 g/mol. The maximum Gasteiger partial charge on any atom is 0.236 e. The summed E-state index contributed by atoms with van der Waals surface area (Å²) in [6.45, 7) is 4.71. The molecule has 2 unspecified atom stereocenters. The molecule has 1 saturated heterocycles. The number of rotatable bonds is 8. The van der Waals surface area contributed by atoms with Crippen LogP contribution in [0.1, 0.15) is 44.2 Å². The Hall–Kier alpha value is -1.30. The molecule has 6 heteroatoms. The van der Waals surface area contributed by atoms with Crippen molar-refractivity contribution in [2.24, 2.45) is 5.73 Å². The van der Waals surface area contributed by atoms with Crippen molar-refractivity contribution in [3.63, 3.8) is 0 Å². The molecule has 1 fully saturated rings. The highest BCUT2D eigenvalue weighted by Crippen LogP contribution is 2.31. The van der Waals surface area contributed by atoms with Crippen LogP contribution in [0.2, 0.25) is 0 Å². The van der Waals surface area contributed by atoms with E-state index in [1.165, 1.54) is 12.8 Å². The SMILES string of the molecule is CCCC(N)C(=O)NCC(c1ccccc1OC)N1CCCC1.Cl. The summed E-state index contributed by atoms with van der Waals surface area (Å²) in [6.07, 6.45) is 4.04. The van der Waals surface area contributed by atoms with Gasteiger partial charge in [0.25, 0.3) is 0 Å². The van der Waals surface area contributed by atoms with Crippen LogP contribution >= 0.6 is 12.4 Å². The molecule has 1 heterocycles. The topological polar surface area (TPSA) is 67.6 Å². The molecule has 1 aliphatic heterocycles. The summed E-state index contributed by atoms with van der Waals surface area (Å²) in [4.78, 5) is 14.6. The average Bonchev–Trinajstić information content (AvgIpc) is 3.09. The summed E-state index contributed by atoms with van der Waals surface area (Å²) in [5.74, 6) is 0.808. The van der Waals surface area contributed by atoms with Gasteiger partial charge in [0.2, 0.25) is 5.91 Å². The van der Waals surface area contributed by atoms with Crippen molar-refractivity contribution in [3.05, 3.63) is 29.8 Å². The van der Waals surface area contributed by atoms with Gasteiger partial charge in [0.1, 0.15) is 5.75 Å². The van der Waals surface area contributed by atoms with E-state index in [1.807, 2.05) is 25.1 Å². The first kappa shape index (κ1) is 20.7. The Bertz CT molecular complexity index is 507. The van der Waals surface area contributed by atoms with Gasteiger partial charge in [-0.25, -0.2) is 0 Å².